The molecule has 6 nitrogen and oxygen atoms in total. The zero-order chi connectivity index (χ0) is 24.9. The number of carbonyl (C=O) groups is 2. The van der Waals surface area contributed by atoms with Crippen LogP contribution in [0, 0.1) is 0 Å². The molecule has 11 heteroatoms. The van der Waals surface area contributed by atoms with E-state index in [2.05, 4.69) is 15.5 Å². The molecule has 0 aliphatic carbocycles. The molecular formula is C23H22ClF3N4O2S. The quantitative estimate of drug-likeness (QED) is 0.394. The molecule has 3 rings (SSSR count). The van der Waals surface area contributed by atoms with Crippen molar-refractivity contribution in [3.63, 3.8) is 0 Å². The van der Waals surface area contributed by atoms with E-state index < -0.39 is 17.6 Å². The summed E-state index contributed by atoms with van der Waals surface area (Å²) in [6.45, 7) is 3.80. The fraction of sp³-hybridized carbons (Fsp3) is 0.304. The van der Waals surface area contributed by atoms with Gasteiger partial charge in [0.25, 0.3) is 5.91 Å². The topological polar surface area (TPSA) is 75.2 Å². The number of nitrogens with zero attached hydrogens (tertiary/aromatic N) is 3. The smallest absolute Gasteiger partial charge is 0.335 e. The Bertz CT molecular complexity index is 1150. The van der Waals surface area contributed by atoms with Crippen molar-refractivity contribution in [2.24, 2.45) is 0 Å². The Labute approximate surface area is 203 Å². The van der Waals surface area contributed by atoms with Gasteiger partial charge in [0.2, 0.25) is 11.0 Å². The number of hydrogen-bond donors (Lipinski definition) is 1. The molecule has 1 aromatic heterocycles. The molecule has 0 saturated heterocycles. The minimum atomic E-state index is -4.48. The number of halogens is 4. The molecule has 1 unspecified atom stereocenters. The van der Waals surface area contributed by atoms with Crippen molar-refractivity contribution < 1.29 is 22.8 Å². The molecule has 1 atom stereocenters. The lowest BCUT2D eigenvalue weighted by Gasteiger charge is -2.28. The van der Waals surface area contributed by atoms with Gasteiger partial charge < -0.3 is 10.2 Å². The van der Waals surface area contributed by atoms with Crippen LogP contribution in [-0.4, -0.2) is 39.5 Å². The lowest BCUT2D eigenvalue weighted by atomic mass is 10.1. The normalized spacial score (nSPS) is 12.3. The van der Waals surface area contributed by atoms with Gasteiger partial charge in [-0.25, -0.2) is 0 Å². The van der Waals surface area contributed by atoms with Crippen LogP contribution in [0.15, 0.2) is 48.5 Å². The number of rotatable bonds is 8. The maximum Gasteiger partial charge on any atom is 0.416 e. The highest BCUT2D eigenvalue weighted by Crippen LogP contribution is 2.30. The van der Waals surface area contributed by atoms with Crippen LogP contribution in [0.4, 0.5) is 18.3 Å². The molecule has 0 radical (unpaired) electrons. The van der Waals surface area contributed by atoms with Crippen molar-refractivity contribution in [2.75, 3.05) is 11.9 Å². The molecule has 180 valence electrons. The summed E-state index contributed by atoms with van der Waals surface area (Å²) < 4.78 is 38.4. The predicted octanol–water partition coefficient (Wildman–Crippen LogP) is 6.15. The average Bonchev–Trinajstić information content (AvgIpc) is 3.26. The lowest BCUT2D eigenvalue weighted by molar-refractivity contribution is -0.137. The third-order valence-electron chi connectivity index (χ3n) is 5.17. The summed E-state index contributed by atoms with van der Waals surface area (Å²) in [5, 5.41) is 12.2. The van der Waals surface area contributed by atoms with Crippen LogP contribution in [-0.2, 0) is 11.0 Å². The molecule has 0 fully saturated rings. The maximum absolute atomic E-state index is 12.9. The molecule has 34 heavy (non-hydrogen) atoms. The van der Waals surface area contributed by atoms with Gasteiger partial charge in [0.15, 0.2) is 0 Å². The van der Waals surface area contributed by atoms with E-state index in [0.717, 1.165) is 29.8 Å². The molecule has 0 aliphatic rings. The third-order valence-corrected chi connectivity index (χ3v) is 6.29. The van der Waals surface area contributed by atoms with Gasteiger partial charge in [0, 0.05) is 35.2 Å². The zero-order valence-corrected chi connectivity index (χ0v) is 20.0. The summed E-state index contributed by atoms with van der Waals surface area (Å²) in [7, 11) is 0. The second-order valence-corrected chi connectivity index (χ2v) is 8.97. The molecule has 1 N–H and O–H groups in total. The first-order valence-electron chi connectivity index (χ1n) is 10.5. The number of amides is 2. The number of alkyl halides is 3. The second kappa shape index (κ2) is 11.0. The van der Waals surface area contributed by atoms with Gasteiger partial charge in [-0.1, -0.05) is 42.0 Å². The Morgan fingerprint density at radius 3 is 2.47 bits per heavy atom. The number of hydrogen-bond acceptors (Lipinski definition) is 5. The molecule has 2 aromatic carbocycles. The van der Waals surface area contributed by atoms with E-state index in [-0.39, 0.29) is 30.5 Å². The van der Waals surface area contributed by atoms with Crippen molar-refractivity contribution in [2.45, 2.75) is 38.9 Å². The van der Waals surface area contributed by atoms with E-state index in [0.29, 0.717) is 21.6 Å². The van der Waals surface area contributed by atoms with Crippen molar-refractivity contribution in [1.82, 2.24) is 15.1 Å². The first kappa shape index (κ1) is 25.6. The number of nitrogens with one attached hydrogen (secondary N) is 1. The van der Waals surface area contributed by atoms with Crippen LogP contribution in [0.25, 0.3) is 10.6 Å². The Hall–Kier alpha value is -2.98. The number of carbonyl (C=O) groups excluding carboxylic acids is 2. The molecule has 1 heterocycles. The Kier molecular flexibility index (Phi) is 8.27. The van der Waals surface area contributed by atoms with Crippen LogP contribution >= 0.6 is 22.9 Å². The number of aromatic nitrogens is 2. The molecule has 2 amide bonds. The van der Waals surface area contributed by atoms with E-state index in [4.69, 9.17) is 11.6 Å². The molecule has 0 spiro atoms. The molecule has 0 saturated carbocycles. The van der Waals surface area contributed by atoms with Gasteiger partial charge in [-0.15, -0.1) is 10.2 Å². The summed E-state index contributed by atoms with van der Waals surface area (Å²) in [6.07, 6.45) is -3.87. The van der Waals surface area contributed by atoms with Gasteiger partial charge in [0.05, 0.1) is 5.56 Å². The highest BCUT2D eigenvalue weighted by Gasteiger charge is 2.30. The highest BCUT2D eigenvalue weighted by molar-refractivity contribution is 7.18. The van der Waals surface area contributed by atoms with E-state index in [1.165, 1.54) is 16.2 Å². The number of anilines is 1. The van der Waals surface area contributed by atoms with Crippen LogP contribution in [0.1, 0.15) is 42.6 Å². The lowest BCUT2D eigenvalue weighted by Crippen LogP contribution is -2.40. The summed E-state index contributed by atoms with van der Waals surface area (Å²) in [5.74, 6) is -0.794. The molecule has 3 aromatic rings. The van der Waals surface area contributed by atoms with Gasteiger partial charge >= 0.3 is 6.18 Å². The van der Waals surface area contributed by atoms with Crippen LogP contribution < -0.4 is 5.32 Å². The van der Waals surface area contributed by atoms with Crippen molar-refractivity contribution in [1.29, 1.82) is 0 Å². The fourth-order valence-electron chi connectivity index (χ4n) is 3.13. The van der Waals surface area contributed by atoms with Gasteiger partial charge in [0.1, 0.15) is 5.01 Å². The third kappa shape index (κ3) is 6.54. The fourth-order valence-corrected chi connectivity index (χ4v) is 4.07. The Balaban J connectivity index is 1.64. The summed E-state index contributed by atoms with van der Waals surface area (Å²) in [6, 6.07) is 10.9. The van der Waals surface area contributed by atoms with Gasteiger partial charge in [-0.3, -0.25) is 9.59 Å². The predicted molar refractivity (Wildman–Crippen MR) is 126 cm³/mol. The standard InChI is InChI=1S/C23H22ClF3N4O2S/c1-3-14(2)31(21(33)15-7-9-17(10-8-15)23(25,26)27)12-11-19(32)28-22-30-29-20(34-22)16-5-4-6-18(24)13-16/h4-10,13-14H,3,11-12H2,1-2H3,(H,28,30,32). The van der Waals surface area contributed by atoms with Gasteiger partial charge in [-0.05, 0) is 49.7 Å². The first-order chi connectivity index (χ1) is 16.1. The Morgan fingerprint density at radius 2 is 1.85 bits per heavy atom. The summed E-state index contributed by atoms with van der Waals surface area (Å²) >= 11 is 7.19. The summed E-state index contributed by atoms with van der Waals surface area (Å²) in [5.41, 5.74) is 0.0762. The molecule has 0 bridgehead atoms. The van der Waals surface area contributed by atoms with Crippen LogP contribution in [0.3, 0.4) is 0 Å². The van der Waals surface area contributed by atoms with Crippen LogP contribution in [0.5, 0.6) is 0 Å². The highest BCUT2D eigenvalue weighted by atomic mass is 35.5. The van der Waals surface area contributed by atoms with Crippen molar-refractivity contribution >= 4 is 39.9 Å². The van der Waals surface area contributed by atoms with E-state index >= 15 is 0 Å². The van der Waals surface area contributed by atoms with Gasteiger partial charge in [-0.2, -0.15) is 13.2 Å². The number of benzene rings is 2. The average molecular weight is 511 g/mol. The Morgan fingerprint density at radius 1 is 1.15 bits per heavy atom. The molecular weight excluding hydrogens is 489 g/mol. The minimum Gasteiger partial charge on any atom is -0.335 e. The van der Waals surface area contributed by atoms with Crippen LogP contribution in [0.2, 0.25) is 5.02 Å². The largest absolute Gasteiger partial charge is 0.416 e. The second-order valence-electron chi connectivity index (χ2n) is 7.55. The zero-order valence-electron chi connectivity index (χ0n) is 18.4. The van der Waals surface area contributed by atoms with Crippen molar-refractivity contribution in [3.05, 3.63) is 64.7 Å². The summed E-state index contributed by atoms with van der Waals surface area (Å²) in [4.78, 5) is 26.9. The van der Waals surface area contributed by atoms with E-state index in [1.54, 1.807) is 18.2 Å². The van der Waals surface area contributed by atoms with E-state index in [1.807, 2.05) is 19.9 Å². The maximum atomic E-state index is 12.9. The van der Waals surface area contributed by atoms with E-state index in [9.17, 15) is 22.8 Å². The van der Waals surface area contributed by atoms with Crippen molar-refractivity contribution in [3.8, 4) is 10.6 Å². The SMILES string of the molecule is CCC(C)N(CCC(=O)Nc1nnc(-c2cccc(Cl)c2)s1)C(=O)c1ccc(C(F)(F)F)cc1. The monoisotopic (exact) mass is 510 g/mol. The minimum absolute atomic E-state index is 0.0111. The first-order valence-corrected chi connectivity index (χ1v) is 11.7. The molecule has 0 aliphatic heterocycles.